The Morgan fingerprint density at radius 2 is 1.71 bits per heavy atom. The summed E-state index contributed by atoms with van der Waals surface area (Å²) in [4.78, 5) is 4.72. The summed E-state index contributed by atoms with van der Waals surface area (Å²) in [6, 6.07) is 12.8. The van der Waals surface area contributed by atoms with E-state index in [-0.39, 0.29) is 0 Å². The first-order valence-electron chi connectivity index (χ1n) is 11.5. The lowest BCUT2D eigenvalue weighted by Crippen LogP contribution is -2.16. The Kier molecular flexibility index (Phi) is 8.39. The van der Waals surface area contributed by atoms with Crippen LogP contribution in [-0.2, 0) is 6.42 Å². The largest absolute Gasteiger partial charge is 0.494 e. The van der Waals surface area contributed by atoms with E-state index in [4.69, 9.17) is 9.72 Å². The van der Waals surface area contributed by atoms with Crippen LogP contribution in [0.1, 0.15) is 77.2 Å². The molecule has 1 aliphatic carbocycles. The molecule has 2 nitrogen and oxygen atoms in total. The van der Waals surface area contributed by atoms with Gasteiger partial charge in [-0.25, -0.2) is 0 Å². The second-order valence-electron chi connectivity index (χ2n) is 8.50. The number of pyridine rings is 1. The highest BCUT2D eigenvalue weighted by molar-refractivity contribution is 5.60. The van der Waals surface area contributed by atoms with Crippen molar-refractivity contribution in [1.29, 1.82) is 0 Å². The van der Waals surface area contributed by atoms with E-state index in [0.717, 1.165) is 48.3 Å². The van der Waals surface area contributed by atoms with Crippen molar-refractivity contribution in [3.05, 3.63) is 48.2 Å². The van der Waals surface area contributed by atoms with Crippen molar-refractivity contribution >= 4 is 0 Å². The van der Waals surface area contributed by atoms with E-state index in [1.807, 2.05) is 0 Å². The number of hydrogen-bond donors (Lipinski definition) is 0. The van der Waals surface area contributed by atoms with E-state index in [9.17, 15) is 0 Å². The smallest absolute Gasteiger partial charge is 0.119 e. The molecule has 0 radical (unpaired) electrons. The van der Waals surface area contributed by atoms with Gasteiger partial charge in [-0.2, -0.15) is 0 Å². The van der Waals surface area contributed by atoms with Crippen LogP contribution in [0.4, 0.5) is 0 Å². The molecule has 1 fully saturated rings. The number of aromatic nitrogens is 1. The first kappa shape index (κ1) is 20.9. The Balaban J connectivity index is 1.49. The Hall–Kier alpha value is -1.83. The fraction of sp³-hybridized carbons (Fsp3) is 0.577. The minimum absolute atomic E-state index is 0.795. The number of rotatable bonds is 10. The van der Waals surface area contributed by atoms with Gasteiger partial charge in [0.05, 0.1) is 12.3 Å². The fourth-order valence-electron chi connectivity index (χ4n) is 4.51. The highest BCUT2D eigenvalue weighted by atomic mass is 16.5. The Morgan fingerprint density at radius 1 is 0.929 bits per heavy atom. The quantitative estimate of drug-likeness (QED) is 0.399. The lowest BCUT2D eigenvalue weighted by Gasteiger charge is -2.29. The van der Waals surface area contributed by atoms with Crippen LogP contribution in [-0.4, -0.2) is 11.6 Å². The van der Waals surface area contributed by atoms with Crippen molar-refractivity contribution in [3.8, 4) is 17.0 Å². The molecule has 1 aromatic carbocycles. The van der Waals surface area contributed by atoms with Crippen LogP contribution in [0.2, 0.25) is 0 Å². The first-order valence-corrected chi connectivity index (χ1v) is 11.5. The molecule has 0 saturated heterocycles. The summed E-state index contributed by atoms with van der Waals surface area (Å²) in [6.07, 6.45) is 15.4. The van der Waals surface area contributed by atoms with Crippen LogP contribution < -0.4 is 4.74 Å². The maximum Gasteiger partial charge on any atom is 0.119 e. The minimum Gasteiger partial charge on any atom is -0.494 e. The molecule has 1 aromatic heterocycles. The van der Waals surface area contributed by atoms with Gasteiger partial charge in [-0.3, -0.25) is 4.98 Å². The maximum absolute atomic E-state index is 5.75. The summed E-state index contributed by atoms with van der Waals surface area (Å²) in [5, 5.41) is 0. The van der Waals surface area contributed by atoms with Crippen molar-refractivity contribution in [2.75, 3.05) is 6.61 Å². The Bertz CT molecular complexity index is 675. The summed E-state index contributed by atoms with van der Waals surface area (Å²) in [7, 11) is 0. The summed E-state index contributed by atoms with van der Waals surface area (Å²) in [5.74, 6) is 2.85. The third-order valence-corrected chi connectivity index (χ3v) is 6.17. The summed E-state index contributed by atoms with van der Waals surface area (Å²) in [6.45, 7) is 5.30. The predicted octanol–water partition coefficient (Wildman–Crippen LogP) is 7.47. The van der Waals surface area contributed by atoms with Gasteiger partial charge in [0.15, 0.2) is 0 Å². The number of hydrogen-bond acceptors (Lipinski definition) is 2. The number of unbranched alkanes of at least 4 members (excludes halogenated alkanes) is 1. The molecule has 152 valence electrons. The van der Waals surface area contributed by atoms with Gasteiger partial charge in [0, 0.05) is 11.8 Å². The molecule has 2 heteroatoms. The Morgan fingerprint density at radius 3 is 2.39 bits per heavy atom. The number of ether oxygens (including phenoxy) is 1. The van der Waals surface area contributed by atoms with Crippen molar-refractivity contribution in [2.24, 2.45) is 11.8 Å². The molecule has 3 rings (SSSR count). The van der Waals surface area contributed by atoms with Crippen molar-refractivity contribution in [2.45, 2.75) is 78.1 Å². The van der Waals surface area contributed by atoms with E-state index < -0.39 is 0 Å². The second kappa shape index (κ2) is 11.2. The molecular formula is C26H37NO. The van der Waals surface area contributed by atoms with E-state index in [1.54, 1.807) is 0 Å². The summed E-state index contributed by atoms with van der Waals surface area (Å²) >= 11 is 0. The maximum atomic E-state index is 5.75. The van der Waals surface area contributed by atoms with E-state index >= 15 is 0 Å². The van der Waals surface area contributed by atoms with Gasteiger partial charge in [-0.1, -0.05) is 58.4 Å². The fourth-order valence-corrected chi connectivity index (χ4v) is 4.51. The van der Waals surface area contributed by atoms with Crippen LogP contribution >= 0.6 is 0 Å². The van der Waals surface area contributed by atoms with Crippen LogP contribution in [0.15, 0.2) is 42.6 Å². The molecule has 0 amide bonds. The average Bonchev–Trinajstić information content (AvgIpc) is 2.74. The van der Waals surface area contributed by atoms with E-state index in [0.29, 0.717) is 0 Å². The van der Waals surface area contributed by atoms with Gasteiger partial charge in [0.25, 0.3) is 0 Å². The number of nitrogens with zero attached hydrogens (tertiary/aromatic N) is 1. The second-order valence-corrected chi connectivity index (χ2v) is 8.50. The van der Waals surface area contributed by atoms with Gasteiger partial charge in [-0.15, -0.1) is 0 Å². The van der Waals surface area contributed by atoms with Crippen LogP contribution in [0.3, 0.4) is 0 Å². The van der Waals surface area contributed by atoms with Crippen molar-refractivity contribution < 1.29 is 4.74 Å². The lowest BCUT2D eigenvalue weighted by atomic mass is 9.77. The van der Waals surface area contributed by atoms with Gasteiger partial charge >= 0.3 is 0 Å². The van der Waals surface area contributed by atoms with E-state index in [2.05, 4.69) is 56.4 Å². The average molecular weight is 380 g/mol. The molecule has 1 heterocycles. The van der Waals surface area contributed by atoms with Gasteiger partial charge in [0.1, 0.15) is 5.75 Å². The normalized spacial score (nSPS) is 19.5. The number of aryl methyl sites for hydroxylation is 1. The molecule has 1 aliphatic rings. The highest BCUT2D eigenvalue weighted by Gasteiger charge is 2.21. The molecule has 0 aliphatic heterocycles. The van der Waals surface area contributed by atoms with Gasteiger partial charge in [0.2, 0.25) is 0 Å². The zero-order chi connectivity index (χ0) is 19.6. The molecule has 0 N–H and O–H groups in total. The zero-order valence-corrected chi connectivity index (χ0v) is 17.8. The molecule has 1 saturated carbocycles. The predicted molar refractivity (Wildman–Crippen MR) is 119 cm³/mol. The minimum atomic E-state index is 0.795. The summed E-state index contributed by atoms with van der Waals surface area (Å²) in [5.41, 5.74) is 3.58. The first-order chi connectivity index (χ1) is 13.8. The molecule has 2 unspecified atom stereocenters. The molecular weight excluding hydrogens is 342 g/mol. The van der Waals surface area contributed by atoms with E-state index in [1.165, 1.54) is 56.9 Å². The molecule has 0 spiro atoms. The van der Waals surface area contributed by atoms with Crippen molar-refractivity contribution in [3.63, 3.8) is 0 Å². The summed E-state index contributed by atoms with van der Waals surface area (Å²) < 4.78 is 5.75. The topological polar surface area (TPSA) is 22.1 Å². The monoisotopic (exact) mass is 379 g/mol. The standard InChI is InChI=1S/C26H37NO/c1-3-5-18-28-25-15-13-24(14-16-25)26-17-12-23(20-27-26)11-10-22-9-6-8-21(19-22)7-4-2/h12-17,20-22H,3-11,18-19H2,1-2H3. The molecule has 28 heavy (non-hydrogen) atoms. The van der Waals surface area contributed by atoms with Gasteiger partial charge in [-0.05, 0) is 73.4 Å². The van der Waals surface area contributed by atoms with Gasteiger partial charge < -0.3 is 4.74 Å². The van der Waals surface area contributed by atoms with Crippen LogP contribution in [0, 0.1) is 11.8 Å². The SMILES string of the molecule is CCCCOc1ccc(-c2ccc(CCC3CCCC(CCC)C3)cn2)cc1. The molecule has 0 bridgehead atoms. The highest BCUT2D eigenvalue weighted by Crippen LogP contribution is 2.34. The molecule has 2 atom stereocenters. The van der Waals surface area contributed by atoms with Crippen LogP contribution in [0.5, 0.6) is 5.75 Å². The van der Waals surface area contributed by atoms with Crippen molar-refractivity contribution in [1.82, 2.24) is 4.98 Å². The molecule has 2 aromatic rings. The third kappa shape index (κ3) is 6.36. The number of benzene rings is 1. The third-order valence-electron chi connectivity index (χ3n) is 6.17. The van der Waals surface area contributed by atoms with Crippen LogP contribution in [0.25, 0.3) is 11.3 Å². The zero-order valence-electron chi connectivity index (χ0n) is 17.8. The lowest BCUT2D eigenvalue weighted by molar-refractivity contribution is 0.243. The Labute approximate surface area is 171 Å².